The van der Waals surface area contributed by atoms with Gasteiger partial charge in [-0.25, -0.2) is 4.98 Å². The van der Waals surface area contributed by atoms with E-state index in [2.05, 4.69) is 31.3 Å². The second kappa shape index (κ2) is 6.97. The van der Waals surface area contributed by atoms with Crippen LogP contribution in [0.15, 0.2) is 53.3 Å². The van der Waals surface area contributed by atoms with Gasteiger partial charge in [0.25, 0.3) is 5.56 Å². The first kappa shape index (κ1) is 16.4. The van der Waals surface area contributed by atoms with E-state index in [1.54, 1.807) is 4.57 Å². The standard InChI is InChI=1S/C20H23N3O/c1-4-14-10-12-15(13-11-14)23-19(17(5-2)21-3)22-18-9-7-6-8-16(18)20(23)24/h6-13,17,21H,4-5H2,1-3H3/t17-/m1/s1. The van der Waals surface area contributed by atoms with Gasteiger partial charge in [-0.3, -0.25) is 9.36 Å². The minimum absolute atomic E-state index is 0.0199. The van der Waals surface area contributed by atoms with E-state index in [1.807, 2.05) is 43.4 Å². The van der Waals surface area contributed by atoms with Gasteiger partial charge in [-0.15, -0.1) is 0 Å². The maximum Gasteiger partial charge on any atom is 0.266 e. The molecule has 2 aromatic carbocycles. The first-order valence-electron chi connectivity index (χ1n) is 8.47. The first-order chi connectivity index (χ1) is 11.7. The van der Waals surface area contributed by atoms with Crippen molar-refractivity contribution >= 4 is 10.9 Å². The van der Waals surface area contributed by atoms with Crippen molar-refractivity contribution in [3.8, 4) is 5.69 Å². The van der Waals surface area contributed by atoms with Gasteiger partial charge < -0.3 is 5.32 Å². The SMILES string of the molecule is CCc1ccc(-n2c([C@@H](CC)NC)nc3ccccc3c2=O)cc1. The second-order valence-electron chi connectivity index (χ2n) is 5.90. The lowest BCUT2D eigenvalue weighted by Crippen LogP contribution is -2.29. The molecule has 0 aliphatic heterocycles. The molecule has 0 fully saturated rings. The lowest BCUT2D eigenvalue weighted by atomic mass is 10.1. The van der Waals surface area contributed by atoms with Crippen molar-refractivity contribution in [1.82, 2.24) is 14.9 Å². The molecular weight excluding hydrogens is 298 g/mol. The fourth-order valence-corrected chi connectivity index (χ4v) is 3.03. The van der Waals surface area contributed by atoms with Crippen LogP contribution in [0, 0.1) is 0 Å². The number of hydrogen-bond donors (Lipinski definition) is 1. The predicted molar refractivity (Wildman–Crippen MR) is 98.8 cm³/mol. The van der Waals surface area contributed by atoms with Crippen molar-refractivity contribution in [1.29, 1.82) is 0 Å². The van der Waals surface area contributed by atoms with E-state index in [0.29, 0.717) is 5.39 Å². The molecule has 0 unspecified atom stereocenters. The molecule has 0 saturated carbocycles. The zero-order chi connectivity index (χ0) is 17.1. The van der Waals surface area contributed by atoms with Crippen LogP contribution in [0.3, 0.4) is 0 Å². The van der Waals surface area contributed by atoms with Crippen LogP contribution in [0.5, 0.6) is 0 Å². The molecule has 1 atom stereocenters. The molecule has 0 radical (unpaired) electrons. The third kappa shape index (κ3) is 2.85. The molecule has 3 aromatic rings. The minimum atomic E-state index is -0.0199. The van der Waals surface area contributed by atoms with Crippen molar-refractivity contribution in [2.24, 2.45) is 0 Å². The number of nitrogens with one attached hydrogen (secondary N) is 1. The van der Waals surface area contributed by atoms with Crippen LogP contribution >= 0.6 is 0 Å². The van der Waals surface area contributed by atoms with Crippen molar-refractivity contribution in [2.45, 2.75) is 32.7 Å². The van der Waals surface area contributed by atoms with Crippen LogP contribution in [0.2, 0.25) is 0 Å². The molecule has 0 aliphatic carbocycles. The van der Waals surface area contributed by atoms with E-state index in [-0.39, 0.29) is 11.6 Å². The summed E-state index contributed by atoms with van der Waals surface area (Å²) in [6.45, 7) is 4.21. The van der Waals surface area contributed by atoms with Gasteiger partial charge in [-0.05, 0) is 49.7 Å². The molecule has 0 aliphatic rings. The largest absolute Gasteiger partial charge is 0.310 e. The summed E-state index contributed by atoms with van der Waals surface area (Å²) in [5.74, 6) is 0.757. The quantitative estimate of drug-likeness (QED) is 0.781. The third-order valence-corrected chi connectivity index (χ3v) is 4.47. The normalized spacial score (nSPS) is 12.5. The van der Waals surface area contributed by atoms with Crippen LogP contribution in [0.1, 0.15) is 37.7 Å². The first-order valence-corrected chi connectivity index (χ1v) is 8.47. The summed E-state index contributed by atoms with van der Waals surface area (Å²) < 4.78 is 1.74. The molecule has 4 nitrogen and oxygen atoms in total. The fraction of sp³-hybridized carbons (Fsp3) is 0.300. The van der Waals surface area contributed by atoms with Crippen molar-refractivity contribution in [3.63, 3.8) is 0 Å². The maximum absolute atomic E-state index is 13.1. The van der Waals surface area contributed by atoms with Crippen molar-refractivity contribution < 1.29 is 0 Å². The molecule has 0 saturated heterocycles. The molecular formula is C20H23N3O. The fourth-order valence-electron chi connectivity index (χ4n) is 3.03. The summed E-state index contributed by atoms with van der Waals surface area (Å²) in [5.41, 5.74) is 2.84. The summed E-state index contributed by atoms with van der Waals surface area (Å²) in [6.07, 6.45) is 1.83. The van der Waals surface area contributed by atoms with E-state index in [0.717, 1.165) is 29.9 Å². The predicted octanol–water partition coefficient (Wildman–Crippen LogP) is 3.62. The van der Waals surface area contributed by atoms with Gasteiger partial charge in [0, 0.05) is 0 Å². The summed E-state index contributed by atoms with van der Waals surface area (Å²) in [7, 11) is 1.90. The van der Waals surface area contributed by atoms with Gasteiger partial charge in [-0.2, -0.15) is 0 Å². The molecule has 0 spiro atoms. The van der Waals surface area contributed by atoms with Crippen LogP contribution < -0.4 is 10.9 Å². The van der Waals surface area contributed by atoms with Gasteiger partial charge in [0.2, 0.25) is 0 Å². The Morgan fingerprint density at radius 3 is 2.42 bits per heavy atom. The Morgan fingerprint density at radius 2 is 1.79 bits per heavy atom. The molecule has 4 heteroatoms. The third-order valence-electron chi connectivity index (χ3n) is 4.47. The van der Waals surface area contributed by atoms with Gasteiger partial charge >= 0.3 is 0 Å². The number of aryl methyl sites for hydroxylation is 1. The number of para-hydroxylation sites is 1. The summed E-state index contributed by atoms with van der Waals surface area (Å²) in [4.78, 5) is 17.9. The molecule has 0 bridgehead atoms. The Kier molecular flexibility index (Phi) is 4.76. The highest BCUT2D eigenvalue weighted by atomic mass is 16.1. The highest BCUT2D eigenvalue weighted by molar-refractivity contribution is 5.77. The van der Waals surface area contributed by atoms with E-state index in [1.165, 1.54) is 5.56 Å². The van der Waals surface area contributed by atoms with Crippen molar-refractivity contribution in [2.75, 3.05) is 7.05 Å². The molecule has 1 aromatic heterocycles. The Hall–Kier alpha value is -2.46. The molecule has 124 valence electrons. The van der Waals surface area contributed by atoms with Crippen LogP contribution in [-0.4, -0.2) is 16.6 Å². The van der Waals surface area contributed by atoms with Crippen LogP contribution in [0.25, 0.3) is 16.6 Å². The molecule has 1 heterocycles. The van der Waals surface area contributed by atoms with E-state index in [4.69, 9.17) is 4.98 Å². The number of aromatic nitrogens is 2. The minimum Gasteiger partial charge on any atom is -0.310 e. The smallest absolute Gasteiger partial charge is 0.266 e. The lowest BCUT2D eigenvalue weighted by molar-refractivity contribution is 0.529. The Morgan fingerprint density at radius 1 is 1.08 bits per heavy atom. The highest BCUT2D eigenvalue weighted by Crippen LogP contribution is 2.20. The van der Waals surface area contributed by atoms with Crippen molar-refractivity contribution in [3.05, 3.63) is 70.3 Å². The van der Waals surface area contributed by atoms with Crippen LogP contribution in [-0.2, 0) is 6.42 Å². The average molecular weight is 321 g/mol. The highest BCUT2D eigenvalue weighted by Gasteiger charge is 2.18. The summed E-state index contributed by atoms with van der Waals surface area (Å²) in [5, 5.41) is 3.92. The summed E-state index contributed by atoms with van der Waals surface area (Å²) >= 11 is 0. The van der Waals surface area contributed by atoms with Gasteiger partial charge in [0.1, 0.15) is 5.82 Å². The van der Waals surface area contributed by atoms with Gasteiger partial charge in [0.15, 0.2) is 0 Å². The molecule has 3 rings (SSSR count). The zero-order valence-corrected chi connectivity index (χ0v) is 14.4. The Balaban J connectivity index is 2.31. The molecule has 0 amide bonds. The number of rotatable bonds is 5. The number of nitrogens with zero attached hydrogens (tertiary/aromatic N) is 2. The average Bonchev–Trinajstić information content (AvgIpc) is 2.63. The number of fused-ring (bicyclic) bond motifs is 1. The lowest BCUT2D eigenvalue weighted by Gasteiger charge is -2.20. The molecule has 1 N–H and O–H groups in total. The Bertz CT molecular complexity index is 893. The summed E-state index contributed by atoms with van der Waals surface area (Å²) in [6, 6.07) is 15.7. The van der Waals surface area contributed by atoms with E-state index < -0.39 is 0 Å². The van der Waals surface area contributed by atoms with E-state index >= 15 is 0 Å². The molecule has 24 heavy (non-hydrogen) atoms. The zero-order valence-electron chi connectivity index (χ0n) is 14.4. The number of hydrogen-bond acceptors (Lipinski definition) is 3. The second-order valence-corrected chi connectivity index (χ2v) is 5.90. The maximum atomic E-state index is 13.1. The number of benzene rings is 2. The van der Waals surface area contributed by atoms with Gasteiger partial charge in [0.05, 0.1) is 22.6 Å². The van der Waals surface area contributed by atoms with Gasteiger partial charge in [-0.1, -0.05) is 38.1 Å². The monoisotopic (exact) mass is 321 g/mol. The van der Waals surface area contributed by atoms with Crippen LogP contribution in [0.4, 0.5) is 0 Å². The van der Waals surface area contributed by atoms with E-state index in [9.17, 15) is 4.79 Å². The topological polar surface area (TPSA) is 46.9 Å². The Labute approximate surface area is 142 Å².